The second kappa shape index (κ2) is 4.75. The monoisotopic (exact) mass is 197 g/mol. The molecular weight excluding hydrogens is 178 g/mol. The van der Waals surface area contributed by atoms with E-state index in [1.165, 1.54) is 6.42 Å². The molecule has 2 fully saturated rings. The van der Waals surface area contributed by atoms with E-state index < -0.39 is 0 Å². The van der Waals surface area contributed by atoms with Crippen LogP contribution in [0.4, 0.5) is 0 Å². The molecule has 2 heterocycles. The van der Waals surface area contributed by atoms with Crippen molar-refractivity contribution in [2.24, 2.45) is 5.92 Å². The van der Waals surface area contributed by atoms with Crippen LogP contribution in [-0.2, 0) is 4.79 Å². The molecule has 1 atom stereocenters. The lowest BCUT2D eigenvalue weighted by Crippen LogP contribution is -2.33. The van der Waals surface area contributed by atoms with E-state index in [0.717, 1.165) is 45.2 Å². The maximum absolute atomic E-state index is 11.1. The SMILES string of the molecule is O=C1CCN(CC2CCNC2)CCN1. The molecule has 2 rings (SSSR count). The van der Waals surface area contributed by atoms with Crippen LogP contribution in [-0.4, -0.2) is 50.1 Å². The number of rotatable bonds is 2. The van der Waals surface area contributed by atoms with Gasteiger partial charge in [0.15, 0.2) is 0 Å². The number of amides is 1. The smallest absolute Gasteiger partial charge is 0.221 e. The summed E-state index contributed by atoms with van der Waals surface area (Å²) in [6.07, 6.45) is 1.96. The third-order valence-corrected chi connectivity index (χ3v) is 3.08. The van der Waals surface area contributed by atoms with Gasteiger partial charge in [0, 0.05) is 32.6 Å². The van der Waals surface area contributed by atoms with Gasteiger partial charge in [0.2, 0.25) is 5.91 Å². The fraction of sp³-hybridized carbons (Fsp3) is 0.900. The molecule has 2 aliphatic heterocycles. The molecule has 0 aromatic rings. The summed E-state index contributed by atoms with van der Waals surface area (Å²) in [5, 5.41) is 6.28. The highest BCUT2D eigenvalue weighted by molar-refractivity contribution is 5.76. The fourth-order valence-electron chi connectivity index (χ4n) is 2.23. The minimum Gasteiger partial charge on any atom is -0.355 e. The van der Waals surface area contributed by atoms with E-state index in [9.17, 15) is 4.79 Å². The van der Waals surface area contributed by atoms with Gasteiger partial charge in [0.1, 0.15) is 0 Å². The first-order valence-corrected chi connectivity index (χ1v) is 5.54. The number of hydrogen-bond acceptors (Lipinski definition) is 3. The largest absolute Gasteiger partial charge is 0.355 e. The molecule has 4 nitrogen and oxygen atoms in total. The van der Waals surface area contributed by atoms with Crippen LogP contribution in [0.5, 0.6) is 0 Å². The average molecular weight is 197 g/mol. The van der Waals surface area contributed by atoms with Crippen molar-refractivity contribution < 1.29 is 4.79 Å². The second-order valence-electron chi connectivity index (χ2n) is 4.26. The fourth-order valence-corrected chi connectivity index (χ4v) is 2.23. The summed E-state index contributed by atoms with van der Waals surface area (Å²) in [5.74, 6) is 1.00. The van der Waals surface area contributed by atoms with Gasteiger partial charge in [-0.25, -0.2) is 0 Å². The Balaban J connectivity index is 1.76. The molecule has 0 aliphatic carbocycles. The van der Waals surface area contributed by atoms with E-state index in [0.29, 0.717) is 6.42 Å². The van der Waals surface area contributed by atoms with Gasteiger partial charge in [-0.1, -0.05) is 0 Å². The Morgan fingerprint density at radius 3 is 3.07 bits per heavy atom. The van der Waals surface area contributed by atoms with Crippen molar-refractivity contribution in [1.82, 2.24) is 15.5 Å². The van der Waals surface area contributed by atoms with E-state index in [2.05, 4.69) is 15.5 Å². The summed E-state index contributed by atoms with van der Waals surface area (Å²) in [7, 11) is 0. The van der Waals surface area contributed by atoms with Crippen molar-refractivity contribution in [1.29, 1.82) is 0 Å². The van der Waals surface area contributed by atoms with Gasteiger partial charge >= 0.3 is 0 Å². The molecule has 80 valence electrons. The van der Waals surface area contributed by atoms with Crippen molar-refractivity contribution in [2.75, 3.05) is 39.3 Å². The Morgan fingerprint density at radius 1 is 1.36 bits per heavy atom. The Bertz CT molecular complexity index is 202. The van der Waals surface area contributed by atoms with E-state index >= 15 is 0 Å². The zero-order valence-electron chi connectivity index (χ0n) is 8.59. The molecule has 0 radical (unpaired) electrons. The second-order valence-corrected chi connectivity index (χ2v) is 4.26. The highest BCUT2D eigenvalue weighted by Gasteiger charge is 2.20. The predicted molar refractivity (Wildman–Crippen MR) is 55.0 cm³/mol. The van der Waals surface area contributed by atoms with Gasteiger partial charge in [-0.05, 0) is 25.4 Å². The molecule has 0 bridgehead atoms. The summed E-state index contributed by atoms with van der Waals surface area (Å²) >= 11 is 0. The summed E-state index contributed by atoms with van der Waals surface area (Å²) in [4.78, 5) is 13.5. The predicted octanol–water partition coefficient (Wildman–Crippen LogP) is -0.582. The normalized spacial score (nSPS) is 30.0. The van der Waals surface area contributed by atoms with Crippen LogP contribution in [0.15, 0.2) is 0 Å². The lowest BCUT2D eigenvalue weighted by atomic mass is 10.1. The highest BCUT2D eigenvalue weighted by atomic mass is 16.1. The van der Waals surface area contributed by atoms with Gasteiger partial charge in [-0.2, -0.15) is 0 Å². The summed E-state index contributed by atoms with van der Waals surface area (Å²) in [5.41, 5.74) is 0. The van der Waals surface area contributed by atoms with Crippen LogP contribution in [0.25, 0.3) is 0 Å². The maximum atomic E-state index is 11.1. The van der Waals surface area contributed by atoms with Crippen molar-refractivity contribution in [3.05, 3.63) is 0 Å². The van der Waals surface area contributed by atoms with E-state index in [1.54, 1.807) is 0 Å². The number of nitrogens with one attached hydrogen (secondary N) is 2. The standard InChI is InChI=1S/C10H19N3O/c14-10-2-5-13(6-4-12-10)8-9-1-3-11-7-9/h9,11H,1-8H2,(H,12,14). The van der Waals surface area contributed by atoms with Crippen LogP contribution in [0.3, 0.4) is 0 Å². The van der Waals surface area contributed by atoms with Crippen LogP contribution in [0, 0.1) is 5.92 Å². The van der Waals surface area contributed by atoms with Crippen LogP contribution < -0.4 is 10.6 Å². The molecule has 2 saturated heterocycles. The zero-order valence-corrected chi connectivity index (χ0v) is 8.59. The minimum absolute atomic E-state index is 0.206. The van der Waals surface area contributed by atoms with Crippen LogP contribution in [0.1, 0.15) is 12.8 Å². The third-order valence-electron chi connectivity index (χ3n) is 3.08. The molecule has 1 amide bonds. The van der Waals surface area contributed by atoms with Crippen LogP contribution in [0.2, 0.25) is 0 Å². The zero-order chi connectivity index (χ0) is 9.80. The topological polar surface area (TPSA) is 44.4 Å². The van der Waals surface area contributed by atoms with E-state index in [4.69, 9.17) is 0 Å². The Morgan fingerprint density at radius 2 is 2.29 bits per heavy atom. The average Bonchev–Trinajstić information content (AvgIpc) is 2.58. The number of nitrogens with zero attached hydrogens (tertiary/aromatic N) is 1. The molecule has 14 heavy (non-hydrogen) atoms. The molecule has 0 aromatic carbocycles. The molecule has 2 aliphatic rings. The molecule has 0 aromatic heterocycles. The molecule has 2 N–H and O–H groups in total. The van der Waals surface area contributed by atoms with Crippen molar-refractivity contribution in [3.8, 4) is 0 Å². The van der Waals surface area contributed by atoms with Crippen molar-refractivity contribution in [2.45, 2.75) is 12.8 Å². The Hall–Kier alpha value is -0.610. The lowest BCUT2D eigenvalue weighted by Gasteiger charge is -2.22. The first-order chi connectivity index (χ1) is 6.84. The Labute approximate surface area is 85.0 Å². The Kier molecular flexibility index (Phi) is 3.37. The summed E-state index contributed by atoms with van der Waals surface area (Å²) in [6.45, 7) is 6.24. The lowest BCUT2D eigenvalue weighted by molar-refractivity contribution is -0.120. The molecule has 0 spiro atoms. The summed E-state index contributed by atoms with van der Waals surface area (Å²) < 4.78 is 0. The number of carbonyl (C=O) groups excluding carboxylic acids is 1. The van der Waals surface area contributed by atoms with Crippen molar-refractivity contribution in [3.63, 3.8) is 0 Å². The number of carbonyl (C=O) groups is 1. The summed E-state index contributed by atoms with van der Waals surface area (Å²) in [6, 6.07) is 0. The van der Waals surface area contributed by atoms with Gasteiger partial charge in [-0.3, -0.25) is 4.79 Å². The minimum atomic E-state index is 0.206. The molecule has 0 saturated carbocycles. The molecular formula is C10H19N3O. The van der Waals surface area contributed by atoms with Gasteiger partial charge in [0.25, 0.3) is 0 Å². The van der Waals surface area contributed by atoms with E-state index in [-0.39, 0.29) is 5.91 Å². The van der Waals surface area contributed by atoms with Crippen LogP contribution >= 0.6 is 0 Å². The van der Waals surface area contributed by atoms with Gasteiger partial charge in [-0.15, -0.1) is 0 Å². The third kappa shape index (κ3) is 2.69. The highest BCUT2D eigenvalue weighted by Crippen LogP contribution is 2.10. The van der Waals surface area contributed by atoms with Crippen molar-refractivity contribution >= 4 is 5.91 Å². The van der Waals surface area contributed by atoms with Gasteiger partial charge in [0.05, 0.1) is 0 Å². The molecule has 1 unspecified atom stereocenters. The first kappa shape index (κ1) is 9.93. The quantitative estimate of drug-likeness (QED) is 0.622. The van der Waals surface area contributed by atoms with Gasteiger partial charge < -0.3 is 15.5 Å². The number of hydrogen-bond donors (Lipinski definition) is 2. The molecule has 4 heteroatoms. The first-order valence-electron chi connectivity index (χ1n) is 5.54. The van der Waals surface area contributed by atoms with E-state index in [1.807, 2.05) is 0 Å². The maximum Gasteiger partial charge on any atom is 0.221 e.